The van der Waals surface area contributed by atoms with Crippen LogP contribution in [0.1, 0.15) is 121 Å². The molecule has 256 valence electrons. The molecule has 4 aliphatic carbocycles. The van der Waals surface area contributed by atoms with Crippen molar-refractivity contribution in [3.63, 3.8) is 0 Å². The van der Waals surface area contributed by atoms with Crippen LogP contribution in [0.5, 0.6) is 0 Å². The molecule has 8 rings (SSSR count). The van der Waals surface area contributed by atoms with Crippen molar-refractivity contribution in [3.8, 4) is 0 Å². The number of fused-ring (bicyclic) bond motifs is 5. The standard InChI is InChI=1S/C25H25.C13H19.C8H8.2ClH.Zr/c1-14-12-24(3,4)22-8-16-7-17-9-23-19(15(2)13-25(23,5)6)11-21(17)20(16)10-18(14)22;1-11-6-7-12(10-11)13(2)8-4-3-5-9-13;1-7-3-5-8(2)6-4-7;;;/h7-13H,1-6H3;7,10-11H,3-5,8-9H2,1-2H3;1,3-6H,2H3;2*1H;/q2*-1;;;;+2/p-2. The van der Waals surface area contributed by atoms with Crippen LogP contribution in [0.2, 0.25) is 0 Å². The van der Waals surface area contributed by atoms with E-state index in [1.165, 1.54) is 122 Å². The van der Waals surface area contributed by atoms with Crippen molar-refractivity contribution < 1.29 is 49.0 Å². The maximum Gasteiger partial charge on any atom is -1.00 e. The van der Waals surface area contributed by atoms with Gasteiger partial charge in [0, 0.05) is 10.8 Å². The van der Waals surface area contributed by atoms with E-state index in [4.69, 9.17) is 0 Å². The second-order valence-corrected chi connectivity index (χ2v) is 16.8. The molecular formula is C46H52Cl2Zr-2. The summed E-state index contributed by atoms with van der Waals surface area (Å²) < 4.78 is 2.19. The van der Waals surface area contributed by atoms with Gasteiger partial charge in [0.1, 0.15) is 0 Å². The van der Waals surface area contributed by atoms with Crippen molar-refractivity contribution in [2.45, 2.75) is 105 Å². The number of aryl methyl sites for hydroxylation is 1. The van der Waals surface area contributed by atoms with Crippen LogP contribution in [0.4, 0.5) is 0 Å². The van der Waals surface area contributed by atoms with Crippen molar-refractivity contribution in [1.82, 2.24) is 0 Å². The minimum Gasteiger partial charge on any atom is -1.00 e. The zero-order valence-corrected chi connectivity index (χ0v) is 34.9. The molecule has 3 heteroatoms. The largest absolute Gasteiger partial charge is 1.00 e. The fraction of sp³-hybridized carbons (Fsp3) is 0.391. The van der Waals surface area contributed by atoms with Crippen molar-refractivity contribution >= 4 is 36.4 Å². The summed E-state index contributed by atoms with van der Waals surface area (Å²) in [6.07, 6.45) is 19.8. The number of hydrogen-bond donors (Lipinski definition) is 0. The summed E-state index contributed by atoms with van der Waals surface area (Å²) in [6.45, 7) is 20.5. The monoisotopic (exact) mass is 764 g/mol. The van der Waals surface area contributed by atoms with Crippen molar-refractivity contribution in [1.29, 1.82) is 0 Å². The molecule has 1 unspecified atom stereocenters. The van der Waals surface area contributed by atoms with E-state index < -0.39 is 0 Å². The Hall–Kier alpha value is -2.18. The van der Waals surface area contributed by atoms with Crippen molar-refractivity contribution in [3.05, 3.63) is 124 Å². The van der Waals surface area contributed by atoms with Gasteiger partial charge in [-0.2, -0.15) is 11.6 Å². The van der Waals surface area contributed by atoms with Gasteiger partial charge in [0.25, 0.3) is 0 Å². The molecule has 0 nitrogen and oxygen atoms in total. The van der Waals surface area contributed by atoms with Crippen LogP contribution in [0.15, 0.2) is 84.5 Å². The van der Waals surface area contributed by atoms with Gasteiger partial charge in [-0.1, -0.05) is 120 Å². The Morgan fingerprint density at radius 1 is 0.735 bits per heavy atom. The Morgan fingerprint density at radius 3 is 1.65 bits per heavy atom. The third kappa shape index (κ3) is 8.01. The van der Waals surface area contributed by atoms with Crippen LogP contribution in [-0.2, 0) is 35.1 Å². The van der Waals surface area contributed by atoms with E-state index in [2.05, 4.69) is 151 Å². The zero-order chi connectivity index (χ0) is 33.7. The van der Waals surface area contributed by atoms with Crippen LogP contribution < -0.4 is 24.8 Å². The summed E-state index contributed by atoms with van der Waals surface area (Å²) in [6, 6.07) is 20.7. The van der Waals surface area contributed by atoms with Crippen LogP contribution >= 0.6 is 0 Å². The minimum atomic E-state index is 0. The van der Waals surface area contributed by atoms with Crippen molar-refractivity contribution in [2.75, 3.05) is 0 Å². The Bertz CT molecular complexity index is 1880. The first kappa shape index (κ1) is 39.6. The molecule has 0 saturated heterocycles. The molecule has 0 bridgehead atoms. The molecule has 4 aromatic carbocycles. The summed E-state index contributed by atoms with van der Waals surface area (Å²) >= 11 is 1.47. The Morgan fingerprint density at radius 2 is 1.22 bits per heavy atom. The van der Waals surface area contributed by atoms with Gasteiger partial charge in [0.15, 0.2) is 0 Å². The van der Waals surface area contributed by atoms with Gasteiger partial charge < -0.3 is 24.8 Å². The Kier molecular flexibility index (Phi) is 12.3. The van der Waals surface area contributed by atoms with Crippen LogP contribution in [0.25, 0.3) is 32.7 Å². The number of hydrogen-bond acceptors (Lipinski definition) is 0. The second kappa shape index (κ2) is 15.2. The van der Waals surface area contributed by atoms with E-state index in [0.717, 1.165) is 0 Å². The number of allylic oxidation sites excluding steroid dienone is 8. The van der Waals surface area contributed by atoms with Gasteiger partial charge in [-0.15, -0.1) is 39.7 Å². The normalized spacial score (nSPS) is 20.3. The summed E-state index contributed by atoms with van der Waals surface area (Å²) in [5.41, 5.74) is 13.6. The molecule has 1 saturated carbocycles. The predicted octanol–water partition coefficient (Wildman–Crippen LogP) is 6.69. The third-order valence-corrected chi connectivity index (χ3v) is 12.0. The molecule has 1 fully saturated rings. The van der Waals surface area contributed by atoms with Crippen molar-refractivity contribution in [2.24, 2.45) is 11.3 Å². The molecule has 0 aromatic heterocycles. The van der Waals surface area contributed by atoms with Gasteiger partial charge in [-0.3, -0.25) is 6.08 Å². The predicted molar refractivity (Wildman–Crippen MR) is 203 cm³/mol. The summed E-state index contributed by atoms with van der Waals surface area (Å²) in [7, 11) is 0. The molecule has 0 spiro atoms. The SMILES string of the molecule is CC1=CC(C)(C)c2cc3[cH-]c4cc5c(cc4c3cc21)C(C)=CC5(C)C.CC1[C-]=CC(C2(C)CCCCC2)=C1.Cc1ccc([CH]=[Zr+2])cc1.[Cl-].[Cl-]. The third-order valence-electron chi connectivity index (χ3n) is 11.2. The zero-order valence-electron chi connectivity index (χ0n) is 31.0. The summed E-state index contributed by atoms with van der Waals surface area (Å²) in [4.78, 5) is 0. The molecule has 4 aromatic rings. The van der Waals surface area contributed by atoms with E-state index >= 15 is 0 Å². The minimum absolute atomic E-state index is 0. The topological polar surface area (TPSA) is 0 Å². The number of halogens is 2. The molecule has 0 radical (unpaired) electrons. The van der Waals surface area contributed by atoms with Gasteiger partial charge >= 0.3 is 70.3 Å². The molecule has 1 atom stereocenters. The fourth-order valence-electron chi connectivity index (χ4n) is 8.46. The van der Waals surface area contributed by atoms with E-state index in [9.17, 15) is 0 Å². The molecule has 0 heterocycles. The molecule has 49 heavy (non-hydrogen) atoms. The quantitative estimate of drug-likeness (QED) is 0.200. The maximum absolute atomic E-state index is 3.37. The fourth-order valence-corrected chi connectivity index (χ4v) is 8.94. The summed E-state index contributed by atoms with van der Waals surface area (Å²) in [5, 5.41) is 5.57. The number of rotatable bonds is 2. The Balaban J connectivity index is 0.000000190. The van der Waals surface area contributed by atoms with Gasteiger partial charge in [-0.25, -0.2) is 6.08 Å². The van der Waals surface area contributed by atoms with Gasteiger partial charge in [0.05, 0.1) is 0 Å². The second-order valence-electron chi connectivity index (χ2n) is 16.1. The van der Waals surface area contributed by atoms with Crippen LogP contribution in [0.3, 0.4) is 0 Å². The molecule has 0 aliphatic heterocycles. The first-order valence-electron chi connectivity index (χ1n) is 17.7. The average molecular weight is 767 g/mol. The molecule has 0 amide bonds. The summed E-state index contributed by atoms with van der Waals surface area (Å²) in [5.74, 6) is 0.550. The molecule has 0 N–H and O–H groups in total. The van der Waals surface area contributed by atoms with Gasteiger partial charge in [0.2, 0.25) is 0 Å². The van der Waals surface area contributed by atoms with Gasteiger partial charge in [-0.05, 0) is 36.1 Å². The smallest absolute Gasteiger partial charge is 1.00 e. The van der Waals surface area contributed by atoms with E-state index in [0.29, 0.717) is 11.3 Å². The first-order valence-corrected chi connectivity index (χ1v) is 19.1. The first-order chi connectivity index (χ1) is 22.2. The Labute approximate surface area is 323 Å². The van der Waals surface area contributed by atoms with E-state index in [1.807, 2.05) is 0 Å². The maximum atomic E-state index is 3.37. The molecular weight excluding hydrogens is 715 g/mol. The van der Waals surface area contributed by atoms with Crippen LogP contribution in [-0.4, -0.2) is 3.71 Å². The van der Waals surface area contributed by atoms with E-state index in [1.54, 1.807) is 5.57 Å². The van der Waals surface area contributed by atoms with Crippen LogP contribution in [0, 0.1) is 24.3 Å². The number of benzene rings is 3. The molecule has 4 aliphatic rings. The average Bonchev–Trinajstić information content (AvgIpc) is 3.74. The van der Waals surface area contributed by atoms with E-state index in [-0.39, 0.29) is 35.6 Å².